The lowest BCUT2D eigenvalue weighted by molar-refractivity contribution is -0.384. The Morgan fingerprint density at radius 1 is 1.45 bits per heavy atom. The van der Waals surface area contributed by atoms with Crippen LogP contribution in [-0.4, -0.2) is 53.5 Å². The van der Waals surface area contributed by atoms with Gasteiger partial charge in [0.25, 0.3) is 5.69 Å². The van der Waals surface area contributed by atoms with Gasteiger partial charge in [0, 0.05) is 26.2 Å². The molecule has 1 N–H and O–H groups in total. The number of carboxylic acids is 1. The van der Waals surface area contributed by atoms with Crippen LogP contribution in [0.3, 0.4) is 0 Å². The monoisotopic (exact) mass is 307 g/mol. The van der Waals surface area contributed by atoms with Gasteiger partial charge in [-0.3, -0.25) is 19.7 Å². The predicted octanol–water partition coefficient (Wildman–Crippen LogP) is 0.964. The molecule has 1 heterocycles. The zero-order chi connectivity index (χ0) is 16.3. The van der Waals surface area contributed by atoms with Gasteiger partial charge in [0.2, 0.25) is 5.91 Å². The maximum absolute atomic E-state index is 12.2. The van der Waals surface area contributed by atoms with E-state index in [1.807, 2.05) is 0 Å². The van der Waals surface area contributed by atoms with E-state index in [1.165, 1.54) is 15.9 Å². The summed E-state index contributed by atoms with van der Waals surface area (Å²) in [6.07, 6.45) is 0.441. The van der Waals surface area contributed by atoms with Gasteiger partial charge in [-0.25, -0.2) is 0 Å². The van der Waals surface area contributed by atoms with Crippen LogP contribution in [0.1, 0.15) is 6.42 Å². The molecule has 8 nitrogen and oxygen atoms in total. The summed E-state index contributed by atoms with van der Waals surface area (Å²) in [7, 11) is 1.60. The molecule has 1 aliphatic rings. The molecule has 0 aromatic heterocycles. The number of likely N-dealkylation sites (tertiary alicyclic amines) is 1. The number of hydrogen-bond acceptors (Lipinski definition) is 5. The first kappa shape index (κ1) is 15.7. The quantitative estimate of drug-likeness (QED) is 0.642. The minimum Gasteiger partial charge on any atom is -0.481 e. The van der Waals surface area contributed by atoms with Crippen molar-refractivity contribution in [3.63, 3.8) is 0 Å². The molecule has 1 aliphatic heterocycles. The van der Waals surface area contributed by atoms with Crippen LogP contribution < -0.4 is 4.90 Å². The van der Waals surface area contributed by atoms with Crippen LogP contribution in [-0.2, 0) is 9.59 Å². The molecule has 22 heavy (non-hydrogen) atoms. The van der Waals surface area contributed by atoms with E-state index in [-0.39, 0.29) is 24.7 Å². The first-order chi connectivity index (χ1) is 10.4. The standard InChI is InChI=1S/C14H17N3O5/c1-15(11-4-2-3-5-12(11)17(21)22)9-13(18)16-7-6-10(8-16)14(19)20/h2-5,10H,6-9H2,1H3,(H,19,20). The lowest BCUT2D eigenvalue weighted by Crippen LogP contribution is -2.38. The fraction of sp³-hybridized carbons (Fsp3) is 0.429. The van der Waals surface area contributed by atoms with Gasteiger partial charge in [0.05, 0.1) is 17.4 Å². The zero-order valence-electron chi connectivity index (χ0n) is 12.1. The molecule has 0 spiro atoms. The summed E-state index contributed by atoms with van der Waals surface area (Å²) in [5, 5.41) is 20.0. The van der Waals surface area contributed by atoms with Gasteiger partial charge >= 0.3 is 5.97 Å². The van der Waals surface area contributed by atoms with E-state index in [0.29, 0.717) is 18.7 Å². The molecule has 1 amide bonds. The lowest BCUT2D eigenvalue weighted by atomic mass is 10.1. The average Bonchev–Trinajstić information content (AvgIpc) is 2.97. The zero-order valence-corrected chi connectivity index (χ0v) is 12.1. The molecule has 0 radical (unpaired) electrons. The summed E-state index contributed by atoms with van der Waals surface area (Å²) in [6, 6.07) is 6.19. The number of nitrogens with zero attached hydrogens (tertiary/aromatic N) is 3. The van der Waals surface area contributed by atoms with E-state index in [1.54, 1.807) is 25.2 Å². The Morgan fingerprint density at radius 3 is 2.73 bits per heavy atom. The number of nitro groups is 1. The number of benzene rings is 1. The number of para-hydroxylation sites is 2. The van der Waals surface area contributed by atoms with Crippen LogP contribution in [0.25, 0.3) is 0 Å². The highest BCUT2D eigenvalue weighted by Crippen LogP contribution is 2.26. The third-order valence-corrected chi connectivity index (χ3v) is 3.75. The van der Waals surface area contributed by atoms with Crippen molar-refractivity contribution in [3.05, 3.63) is 34.4 Å². The first-order valence-electron chi connectivity index (χ1n) is 6.85. The van der Waals surface area contributed by atoms with Crippen LogP contribution in [0.5, 0.6) is 0 Å². The van der Waals surface area contributed by atoms with Crippen molar-refractivity contribution >= 4 is 23.3 Å². The molecule has 118 valence electrons. The van der Waals surface area contributed by atoms with Crippen LogP contribution in [0, 0.1) is 16.0 Å². The first-order valence-corrected chi connectivity index (χ1v) is 6.85. The van der Waals surface area contributed by atoms with E-state index in [4.69, 9.17) is 5.11 Å². The third kappa shape index (κ3) is 3.33. The minimum absolute atomic E-state index is 0.0306. The van der Waals surface area contributed by atoms with Crippen molar-refractivity contribution in [3.8, 4) is 0 Å². The summed E-state index contributed by atoms with van der Waals surface area (Å²) in [5.41, 5.74) is 0.289. The van der Waals surface area contributed by atoms with E-state index in [9.17, 15) is 19.7 Å². The number of likely N-dealkylation sites (N-methyl/N-ethyl adjacent to an activating group) is 1. The minimum atomic E-state index is -0.901. The molecule has 2 rings (SSSR count). The molecule has 1 saturated heterocycles. The molecule has 8 heteroatoms. The summed E-state index contributed by atoms with van der Waals surface area (Å²) in [4.78, 5) is 36.6. The van der Waals surface area contributed by atoms with E-state index >= 15 is 0 Å². The van der Waals surface area contributed by atoms with Crippen molar-refractivity contribution < 1.29 is 19.6 Å². The second-order valence-corrected chi connectivity index (χ2v) is 5.27. The topological polar surface area (TPSA) is 104 Å². The third-order valence-electron chi connectivity index (χ3n) is 3.75. The van der Waals surface area contributed by atoms with Gasteiger partial charge in [-0.2, -0.15) is 0 Å². The molecular formula is C14H17N3O5. The van der Waals surface area contributed by atoms with Crippen LogP contribution >= 0.6 is 0 Å². The van der Waals surface area contributed by atoms with E-state index < -0.39 is 16.8 Å². The van der Waals surface area contributed by atoms with Crippen LogP contribution in [0.2, 0.25) is 0 Å². The Bertz CT molecular complexity index is 604. The summed E-state index contributed by atoms with van der Waals surface area (Å²) < 4.78 is 0. The maximum Gasteiger partial charge on any atom is 0.308 e. The lowest BCUT2D eigenvalue weighted by Gasteiger charge is -2.22. The maximum atomic E-state index is 12.2. The Balaban J connectivity index is 2.03. The Labute approximate surface area is 127 Å². The molecule has 1 unspecified atom stereocenters. The number of nitro benzene ring substituents is 1. The summed E-state index contributed by atoms with van der Waals surface area (Å²) in [5.74, 6) is -1.66. The SMILES string of the molecule is CN(CC(=O)N1CCC(C(=O)O)C1)c1ccccc1[N+](=O)[O-]. The second-order valence-electron chi connectivity index (χ2n) is 5.27. The summed E-state index contributed by atoms with van der Waals surface area (Å²) >= 11 is 0. The summed E-state index contributed by atoms with van der Waals surface area (Å²) in [6.45, 7) is 0.566. The van der Waals surface area contributed by atoms with Crippen molar-refractivity contribution in [1.82, 2.24) is 4.90 Å². The van der Waals surface area contributed by atoms with Gasteiger partial charge in [-0.15, -0.1) is 0 Å². The normalized spacial score (nSPS) is 17.3. The molecule has 1 atom stereocenters. The van der Waals surface area contributed by atoms with E-state index in [0.717, 1.165) is 0 Å². The molecule has 1 fully saturated rings. The Morgan fingerprint density at radius 2 is 2.14 bits per heavy atom. The number of carboxylic acid groups (broad SMARTS) is 1. The molecule has 0 saturated carbocycles. The van der Waals surface area contributed by atoms with Gasteiger partial charge in [0.15, 0.2) is 0 Å². The fourth-order valence-electron chi connectivity index (χ4n) is 2.52. The van der Waals surface area contributed by atoms with E-state index in [2.05, 4.69) is 0 Å². The number of rotatable bonds is 5. The molecule has 0 aliphatic carbocycles. The van der Waals surface area contributed by atoms with Gasteiger partial charge in [-0.05, 0) is 12.5 Å². The second kappa shape index (κ2) is 6.42. The number of carbonyl (C=O) groups excluding carboxylic acids is 1. The highest BCUT2D eigenvalue weighted by Gasteiger charge is 2.31. The number of hydrogen-bond donors (Lipinski definition) is 1. The number of amides is 1. The Kier molecular flexibility index (Phi) is 4.59. The van der Waals surface area contributed by atoms with Crippen molar-refractivity contribution in [2.75, 3.05) is 31.6 Å². The number of aliphatic carboxylic acids is 1. The van der Waals surface area contributed by atoms with Crippen molar-refractivity contribution in [2.45, 2.75) is 6.42 Å². The number of carbonyl (C=O) groups is 2. The molecular weight excluding hydrogens is 290 g/mol. The highest BCUT2D eigenvalue weighted by molar-refractivity contribution is 5.83. The molecule has 0 bridgehead atoms. The van der Waals surface area contributed by atoms with Gasteiger partial charge in [0.1, 0.15) is 5.69 Å². The number of anilines is 1. The highest BCUT2D eigenvalue weighted by atomic mass is 16.6. The smallest absolute Gasteiger partial charge is 0.308 e. The molecule has 1 aromatic rings. The van der Waals surface area contributed by atoms with Crippen LogP contribution in [0.15, 0.2) is 24.3 Å². The fourth-order valence-corrected chi connectivity index (χ4v) is 2.52. The largest absolute Gasteiger partial charge is 0.481 e. The Hall–Kier alpha value is -2.64. The van der Waals surface area contributed by atoms with Crippen molar-refractivity contribution in [1.29, 1.82) is 0 Å². The predicted molar refractivity (Wildman–Crippen MR) is 78.7 cm³/mol. The molecule has 1 aromatic carbocycles. The van der Waals surface area contributed by atoms with Crippen molar-refractivity contribution in [2.24, 2.45) is 5.92 Å². The van der Waals surface area contributed by atoms with Gasteiger partial charge < -0.3 is 14.9 Å². The van der Waals surface area contributed by atoms with Gasteiger partial charge in [-0.1, -0.05) is 12.1 Å². The average molecular weight is 307 g/mol. The van der Waals surface area contributed by atoms with Crippen LogP contribution in [0.4, 0.5) is 11.4 Å².